The van der Waals surface area contributed by atoms with Crippen molar-refractivity contribution in [2.45, 2.75) is 70.3 Å². The fourth-order valence-corrected chi connectivity index (χ4v) is 5.07. The van der Waals surface area contributed by atoms with Crippen LogP contribution in [0.4, 0.5) is 10.5 Å². The topological polar surface area (TPSA) is 113 Å². The Morgan fingerprint density at radius 3 is 2.00 bits per heavy atom. The third-order valence-corrected chi connectivity index (χ3v) is 6.84. The summed E-state index contributed by atoms with van der Waals surface area (Å²) < 4.78 is 5.09. The Morgan fingerprint density at radius 2 is 1.52 bits per heavy atom. The van der Waals surface area contributed by atoms with Gasteiger partial charge < -0.3 is 10.5 Å². The van der Waals surface area contributed by atoms with Crippen LogP contribution in [0.1, 0.15) is 69.8 Å². The predicted molar refractivity (Wildman–Crippen MR) is 108 cm³/mol. The van der Waals surface area contributed by atoms with Gasteiger partial charge in [0.2, 0.25) is 0 Å². The molecule has 7 heteroatoms. The zero-order valence-electron chi connectivity index (χ0n) is 16.9. The Bertz CT molecular complexity index is 732. The van der Waals surface area contributed by atoms with Crippen molar-refractivity contribution in [2.75, 3.05) is 0 Å². The van der Waals surface area contributed by atoms with Gasteiger partial charge in [-0.05, 0) is 75.7 Å². The van der Waals surface area contributed by atoms with Crippen LogP contribution in [0.2, 0.25) is 0 Å². The third kappa shape index (κ3) is 5.34. The summed E-state index contributed by atoms with van der Waals surface area (Å²) in [6, 6.07) is 6.82. The maximum atomic E-state index is 13.0. The molecule has 1 aromatic carbocycles. The zero-order chi connectivity index (χ0) is 21.0. The minimum atomic E-state index is -0.736. The largest absolute Gasteiger partial charge is 0.446 e. The van der Waals surface area contributed by atoms with E-state index in [9.17, 15) is 19.7 Å². The van der Waals surface area contributed by atoms with Crippen LogP contribution in [0.5, 0.6) is 0 Å². The first kappa shape index (κ1) is 21.3. The lowest BCUT2D eigenvalue weighted by Crippen LogP contribution is -2.34. The summed E-state index contributed by atoms with van der Waals surface area (Å²) >= 11 is 0. The van der Waals surface area contributed by atoms with E-state index in [1.807, 2.05) is 19.1 Å². The Balaban J connectivity index is 1.47. The standard InChI is InChI=1S/C22H30N2O5/c1-14(29-22(23)26)15-2-6-18(7-3-15)21(25)19-8-4-16(5-9-19)17-10-12-20(13-11-17)24(27)28/h10-16,18-19H,2-9H2,1H3,(H2,23,26)/t14?,15-,16?,18+,19?. The van der Waals surface area contributed by atoms with Crippen molar-refractivity contribution in [3.63, 3.8) is 0 Å². The highest BCUT2D eigenvalue weighted by molar-refractivity contribution is 5.83. The van der Waals surface area contributed by atoms with Crippen LogP contribution in [0.15, 0.2) is 24.3 Å². The first-order chi connectivity index (χ1) is 13.8. The molecule has 2 N–H and O–H groups in total. The molecule has 2 aliphatic carbocycles. The maximum absolute atomic E-state index is 13.0. The minimum Gasteiger partial charge on any atom is -0.446 e. The fraction of sp³-hybridized carbons (Fsp3) is 0.636. The molecule has 3 rings (SSSR count). The molecular weight excluding hydrogens is 372 g/mol. The van der Waals surface area contributed by atoms with Gasteiger partial charge in [-0.25, -0.2) is 4.79 Å². The number of hydrogen-bond donors (Lipinski definition) is 1. The molecule has 29 heavy (non-hydrogen) atoms. The summed E-state index contributed by atoms with van der Waals surface area (Å²) in [7, 11) is 0. The van der Waals surface area contributed by atoms with Crippen LogP contribution >= 0.6 is 0 Å². The normalized spacial score (nSPS) is 28.3. The molecule has 158 valence electrons. The number of nitro groups is 1. The first-order valence-electron chi connectivity index (χ1n) is 10.6. The molecule has 7 nitrogen and oxygen atoms in total. The summed E-state index contributed by atoms with van der Waals surface area (Å²) in [5.74, 6) is 1.30. The molecule has 2 saturated carbocycles. The molecule has 0 bridgehead atoms. The number of rotatable bonds is 6. The lowest BCUT2D eigenvalue weighted by molar-refractivity contribution is -0.384. The quantitative estimate of drug-likeness (QED) is 0.546. The second-order valence-corrected chi connectivity index (χ2v) is 8.55. The molecule has 1 amide bonds. The molecular formula is C22H30N2O5. The van der Waals surface area contributed by atoms with E-state index in [1.54, 1.807) is 12.1 Å². The number of ketones is 1. The maximum Gasteiger partial charge on any atom is 0.404 e. The second kappa shape index (κ2) is 9.37. The number of carbonyl (C=O) groups excluding carboxylic acids is 2. The van der Waals surface area contributed by atoms with Crippen LogP contribution in [-0.2, 0) is 9.53 Å². The van der Waals surface area contributed by atoms with E-state index in [-0.39, 0.29) is 34.5 Å². The highest BCUT2D eigenvalue weighted by Gasteiger charge is 2.35. The van der Waals surface area contributed by atoms with E-state index in [2.05, 4.69) is 0 Å². The zero-order valence-corrected chi connectivity index (χ0v) is 16.9. The molecule has 1 atom stereocenters. The number of carbonyl (C=O) groups is 2. The van der Waals surface area contributed by atoms with Crippen LogP contribution in [0, 0.1) is 27.9 Å². The van der Waals surface area contributed by atoms with Crippen molar-refractivity contribution in [1.82, 2.24) is 0 Å². The summed E-state index contributed by atoms with van der Waals surface area (Å²) in [6.07, 6.45) is 6.26. The molecule has 0 aromatic heterocycles. The van der Waals surface area contributed by atoms with Gasteiger partial charge in [-0.15, -0.1) is 0 Å². The lowest BCUT2D eigenvalue weighted by Gasteiger charge is -2.34. The number of nitro benzene ring substituents is 1. The Labute approximate surface area is 171 Å². The van der Waals surface area contributed by atoms with Gasteiger partial charge in [-0.2, -0.15) is 0 Å². The van der Waals surface area contributed by atoms with Crippen molar-refractivity contribution in [3.8, 4) is 0 Å². The number of nitrogens with two attached hydrogens (primary N) is 1. The van der Waals surface area contributed by atoms with E-state index < -0.39 is 6.09 Å². The average Bonchev–Trinajstić information content (AvgIpc) is 2.73. The first-order valence-corrected chi connectivity index (χ1v) is 10.6. The van der Waals surface area contributed by atoms with Crippen LogP contribution in [0.3, 0.4) is 0 Å². The number of primary amides is 1. The van der Waals surface area contributed by atoms with Gasteiger partial charge in [-0.3, -0.25) is 14.9 Å². The number of non-ortho nitro benzene ring substituents is 1. The summed E-state index contributed by atoms with van der Waals surface area (Å²) in [4.78, 5) is 34.3. The molecule has 2 aliphatic rings. The van der Waals surface area contributed by atoms with Crippen LogP contribution in [-0.4, -0.2) is 22.9 Å². The van der Waals surface area contributed by atoms with Crippen molar-refractivity contribution < 1.29 is 19.2 Å². The number of Topliss-reactive ketones (excluding diaryl/α,β-unsaturated/α-hetero) is 1. The molecule has 0 heterocycles. The second-order valence-electron chi connectivity index (χ2n) is 8.55. The van der Waals surface area contributed by atoms with Gasteiger partial charge in [0.05, 0.1) is 4.92 Å². The molecule has 0 saturated heterocycles. The minimum absolute atomic E-state index is 0.115. The Hall–Kier alpha value is -2.44. The SMILES string of the molecule is CC(OC(N)=O)[C@H]1CC[C@@H](C(=O)C2CCC(c3ccc([N+](=O)[O-])cc3)CC2)CC1. The summed E-state index contributed by atoms with van der Waals surface area (Å²) in [6.45, 7) is 1.87. The van der Waals surface area contributed by atoms with Crippen molar-refractivity contribution in [3.05, 3.63) is 39.9 Å². The molecule has 1 aromatic rings. The number of ether oxygens (including phenoxy) is 1. The summed E-state index contributed by atoms with van der Waals surface area (Å²) in [5.41, 5.74) is 6.35. The number of hydrogen-bond acceptors (Lipinski definition) is 5. The third-order valence-electron chi connectivity index (χ3n) is 6.84. The number of benzene rings is 1. The monoisotopic (exact) mass is 402 g/mol. The van der Waals surface area contributed by atoms with Gasteiger partial charge in [0.1, 0.15) is 11.9 Å². The Morgan fingerprint density at radius 1 is 1.00 bits per heavy atom. The highest BCUT2D eigenvalue weighted by atomic mass is 16.6. The van der Waals surface area contributed by atoms with Gasteiger partial charge in [0, 0.05) is 24.0 Å². The predicted octanol–water partition coefficient (Wildman–Crippen LogP) is 4.73. The smallest absolute Gasteiger partial charge is 0.404 e. The van der Waals surface area contributed by atoms with Crippen molar-refractivity contribution in [2.24, 2.45) is 23.5 Å². The summed E-state index contributed by atoms with van der Waals surface area (Å²) in [5, 5.41) is 10.8. The van der Waals surface area contributed by atoms with Crippen LogP contribution < -0.4 is 5.73 Å². The molecule has 0 spiro atoms. The Kier molecular flexibility index (Phi) is 6.87. The van der Waals surface area contributed by atoms with E-state index in [1.165, 1.54) is 0 Å². The highest BCUT2D eigenvalue weighted by Crippen LogP contribution is 2.40. The van der Waals surface area contributed by atoms with E-state index in [4.69, 9.17) is 10.5 Å². The van der Waals surface area contributed by atoms with Crippen molar-refractivity contribution >= 4 is 17.6 Å². The van der Waals surface area contributed by atoms with E-state index in [0.29, 0.717) is 11.7 Å². The van der Waals surface area contributed by atoms with Crippen molar-refractivity contribution in [1.29, 1.82) is 0 Å². The molecule has 1 unspecified atom stereocenters. The molecule has 2 fully saturated rings. The van der Waals surface area contributed by atoms with Gasteiger partial charge in [-0.1, -0.05) is 12.1 Å². The van der Waals surface area contributed by atoms with Gasteiger partial charge >= 0.3 is 6.09 Å². The molecule has 0 radical (unpaired) electrons. The van der Waals surface area contributed by atoms with Gasteiger partial charge in [0.15, 0.2) is 0 Å². The van der Waals surface area contributed by atoms with E-state index in [0.717, 1.165) is 56.9 Å². The lowest BCUT2D eigenvalue weighted by atomic mass is 9.71. The van der Waals surface area contributed by atoms with E-state index >= 15 is 0 Å². The number of nitrogens with zero attached hydrogens (tertiary/aromatic N) is 1. The van der Waals surface area contributed by atoms with Gasteiger partial charge in [0.25, 0.3) is 5.69 Å². The average molecular weight is 402 g/mol. The molecule has 0 aliphatic heterocycles. The fourth-order valence-electron chi connectivity index (χ4n) is 5.07. The number of amides is 1. The van der Waals surface area contributed by atoms with Crippen LogP contribution in [0.25, 0.3) is 0 Å².